The van der Waals surface area contributed by atoms with E-state index in [4.69, 9.17) is 11.6 Å². The van der Waals surface area contributed by atoms with Gasteiger partial charge in [-0.05, 0) is 35.9 Å². The summed E-state index contributed by atoms with van der Waals surface area (Å²) in [7, 11) is 0. The molecule has 6 N–H and O–H groups in total. The van der Waals surface area contributed by atoms with Gasteiger partial charge in [0, 0.05) is 43.5 Å². The number of piperazine rings is 1. The molecule has 4 aromatic rings. The Balaban J connectivity index is 1.28. The first-order chi connectivity index (χ1) is 17.0. The average molecular weight is 471 g/mol. The van der Waals surface area contributed by atoms with Crippen molar-refractivity contribution in [3.05, 3.63) is 87.8 Å². The Morgan fingerprint density at radius 1 is 1.00 bits per heavy atom. The number of anilines is 3. The second-order valence-electron chi connectivity index (χ2n) is 8.45. The first-order valence-electron chi connectivity index (χ1n) is 11.4. The standard InChI is InChI=1S/C25H26N8O2/c26-23-20(29-27)8-9-22(28-23)32-10-12-33(13-11-32)25(35)17-5-3-4-16(14-17)15-21-18-6-1-2-7-19(18)24(34)31-30-21/h1-9,14,29H,10-13,15,27H2,(H2,26,28)(H,31,34). The molecule has 1 saturated heterocycles. The minimum Gasteiger partial charge on any atom is -0.382 e. The van der Waals surface area contributed by atoms with E-state index in [0.717, 1.165) is 22.5 Å². The predicted molar refractivity (Wildman–Crippen MR) is 136 cm³/mol. The van der Waals surface area contributed by atoms with Crippen LogP contribution in [-0.2, 0) is 6.42 Å². The van der Waals surface area contributed by atoms with Crippen LogP contribution in [0.4, 0.5) is 17.3 Å². The number of amides is 1. The molecule has 5 rings (SSSR count). The lowest BCUT2D eigenvalue weighted by atomic mass is 10.0. The van der Waals surface area contributed by atoms with Crippen molar-refractivity contribution in [3.63, 3.8) is 0 Å². The zero-order valence-electron chi connectivity index (χ0n) is 19.1. The maximum absolute atomic E-state index is 13.2. The van der Waals surface area contributed by atoms with Crippen LogP contribution < -0.4 is 27.5 Å². The van der Waals surface area contributed by atoms with Crippen molar-refractivity contribution >= 4 is 34.0 Å². The van der Waals surface area contributed by atoms with E-state index in [1.165, 1.54) is 0 Å². The molecule has 0 spiro atoms. The monoisotopic (exact) mass is 470 g/mol. The molecule has 1 amide bonds. The van der Waals surface area contributed by atoms with Crippen molar-refractivity contribution in [3.8, 4) is 0 Å². The molecule has 35 heavy (non-hydrogen) atoms. The van der Waals surface area contributed by atoms with Gasteiger partial charge in [0.1, 0.15) is 5.82 Å². The molecule has 2 aromatic heterocycles. The second-order valence-corrected chi connectivity index (χ2v) is 8.45. The zero-order valence-corrected chi connectivity index (χ0v) is 19.1. The van der Waals surface area contributed by atoms with E-state index < -0.39 is 0 Å². The third-order valence-electron chi connectivity index (χ3n) is 6.28. The first-order valence-corrected chi connectivity index (χ1v) is 11.4. The molecule has 0 unspecified atom stereocenters. The van der Waals surface area contributed by atoms with E-state index in [1.807, 2.05) is 53.4 Å². The number of rotatable bonds is 5. The predicted octanol–water partition coefficient (Wildman–Crippen LogP) is 1.74. The molecule has 0 bridgehead atoms. The molecule has 2 aromatic carbocycles. The van der Waals surface area contributed by atoms with Crippen LogP contribution in [0.15, 0.2) is 65.5 Å². The maximum atomic E-state index is 13.2. The zero-order chi connectivity index (χ0) is 24.4. The van der Waals surface area contributed by atoms with Crippen LogP contribution in [0.5, 0.6) is 0 Å². The molecule has 0 aliphatic carbocycles. The van der Waals surface area contributed by atoms with Gasteiger partial charge in [0.15, 0.2) is 5.82 Å². The number of pyridine rings is 1. The summed E-state index contributed by atoms with van der Waals surface area (Å²) in [4.78, 5) is 33.7. The summed E-state index contributed by atoms with van der Waals surface area (Å²) in [5, 5.41) is 8.25. The summed E-state index contributed by atoms with van der Waals surface area (Å²) in [6.45, 7) is 2.46. The third kappa shape index (κ3) is 4.51. The number of hydrogen-bond donors (Lipinski definition) is 4. The van der Waals surface area contributed by atoms with E-state index in [2.05, 4.69) is 25.5 Å². The number of nitrogen functional groups attached to an aromatic ring is 2. The number of nitrogens with two attached hydrogens (primary N) is 2. The van der Waals surface area contributed by atoms with Crippen LogP contribution in [0, 0.1) is 0 Å². The Morgan fingerprint density at radius 3 is 2.51 bits per heavy atom. The molecular formula is C25H26N8O2. The molecule has 1 fully saturated rings. The summed E-state index contributed by atoms with van der Waals surface area (Å²) < 4.78 is 0. The van der Waals surface area contributed by atoms with Gasteiger partial charge in [0.05, 0.1) is 16.8 Å². The van der Waals surface area contributed by atoms with Crippen LogP contribution in [0.25, 0.3) is 10.8 Å². The number of nitrogens with zero attached hydrogens (tertiary/aromatic N) is 4. The van der Waals surface area contributed by atoms with E-state index >= 15 is 0 Å². The Labute approximate surface area is 201 Å². The molecule has 3 heterocycles. The summed E-state index contributed by atoms with van der Waals surface area (Å²) in [5.41, 5.74) is 11.2. The lowest BCUT2D eigenvalue weighted by Gasteiger charge is -2.35. The van der Waals surface area contributed by atoms with Crippen molar-refractivity contribution < 1.29 is 4.79 Å². The molecule has 10 heteroatoms. The second kappa shape index (κ2) is 9.43. The van der Waals surface area contributed by atoms with Crippen molar-refractivity contribution in [2.45, 2.75) is 6.42 Å². The Bertz CT molecular complexity index is 1440. The number of aromatic amines is 1. The van der Waals surface area contributed by atoms with Crippen LogP contribution >= 0.6 is 0 Å². The number of H-pyrrole nitrogens is 1. The molecule has 0 saturated carbocycles. The maximum Gasteiger partial charge on any atom is 0.272 e. The average Bonchev–Trinajstić information content (AvgIpc) is 2.90. The fourth-order valence-corrected chi connectivity index (χ4v) is 4.40. The number of carbonyl (C=O) groups is 1. The Morgan fingerprint density at radius 2 is 1.77 bits per heavy atom. The number of hydrogen-bond acceptors (Lipinski definition) is 8. The number of carbonyl (C=O) groups excluding carboxylic acids is 1. The fourth-order valence-electron chi connectivity index (χ4n) is 4.40. The van der Waals surface area contributed by atoms with Crippen molar-refractivity contribution in [1.29, 1.82) is 0 Å². The molecule has 1 aliphatic heterocycles. The van der Waals surface area contributed by atoms with Crippen LogP contribution in [0.1, 0.15) is 21.6 Å². The number of hydrazine groups is 1. The SMILES string of the molecule is NNc1ccc(N2CCN(C(=O)c3cccc(Cc4n[nH]c(=O)c5ccccc45)c3)CC2)nc1N. The van der Waals surface area contributed by atoms with Crippen molar-refractivity contribution in [2.75, 3.05) is 42.2 Å². The van der Waals surface area contributed by atoms with Gasteiger partial charge in [0.2, 0.25) is 0 Å². The largest absolute Gasteiger partial charge is 0.382 e. The van der Waals surface area contributed by atoms with Gasteiger partial charge in [-0.2, -0.15) is 5.10 Å². The summed E-state index contributed by atoms with van der Waals surface area (Å²) >= 11 is 0. The van der Waals surface area contributed by atoms with Gasteiger partial charge in [-0.3, -0.25) is 15.4 Å². The smallest absolute Gasteiger partial charge is 0.272 e. The first kappa shape index (κ1) is 22.4. The van der Waals surface area contributed by atoms with E-state index in [0.29, 0.717) is 55.1 Å². The fraction of sp³-hybridized carbons (Fsp3) is 0.200. The normalized spacial score (nSPS) is 13.7. The quantitative estimate of drug-likeness (QED) is 0.255. The van der Waals surface area contributed by atoms with Crippen molar-refractivity contribution in [1.82, 2.24) is 20.1 Å². The Hall–Kier alpha value is -4.44. The van der Waals surface area contributed by atoms with Crippen LogP contribution in [0.3, 0.4) is 0 Å². The highest BCUT2D eigenvalue weighted by Gasteiger charge is 2.23. The van der Waals surface area contributed by atoms with Crippen LogP contribution in [0.2, 0.25) is 0 Å². The van der Waals surface area contributed by atoms with E-state index in [1.54, 1.807) is 12.1 Å². The molecule has 0 radical (unpaired) electrons. The minimum atomic E-state index is -0.211. The highest BCUT2D eigenvalue weighted by atomic mass is 16.2. The summed E-state index contributed by atoms with van der Waals surface area (Å²) in [5.74, 6) is 6.51. The van der Waals surface area contributed by atoms with Gasteiger partial charge < -0.3 is 21.0 Å². The van der Waals surface area contributed by atoms with Gasteiger partial charge >= 0.3 is 0 Å². The highest BCUT2D eigenvalue weighted by Crippen LogP contribution is 2.22. The number of benzene rings is 2. The van der Waals surface area contributed by atoms with Crippen molar-refractivity contribution in [2.24, 2.45) is 5.84 Å². The summed E-state index contributed by atoms with van der Waals surface area (Å²) in [6, 6.07) is 18.6. The summed E-state index contributed by atoms with van der Waals surface area (Å²) in [6.07, 6.45) is 0.507. The number of nitrogens with one attached hydrogen (secondary N) is 2. The van der Waals surface area contributed by atoms with Crippen LogP contribution in [-0.4, -0.2) is 52.2 Å². The van der Waals surface area contributed by atoms with E-state index in [-0.39, 0.29) is 11.5 Å². The topological polar surface area (TPSA) is 146 Å². The lowest BCUT2D eigenvalue weighted by Crippen LogP contribution is -2.49. The number of aromatic nitrogens is 3. The Kier molecular flexibility index (Phi) is 6.02. The van der Waals surface area contributed by atoms with Gasteiger partial charge in [-0.15, -0.1) is 0 Å². The highest BCUT2D eigenvalue weighted by molar-refractivity contribution is 5.94. The third-order valence-corrected chi connectivity index (χ3v) is 6.28. The molecule has 10 nitrogen and oxygen atoms in total. The van der Waals surface area contributed by atoms with Gasteiger partial charge in [0.25, 0.3) is 11.5 Å². The van der Waals surface area contributed by atoms with Gasteiger partial charge in [-0.1, -0.05) is 30.3 Å². The lowest BCUT2D eigenvalue weighted by molar-refractivity contribution is 0.0746. The molecule has 178 valence electrons. The molecule has 0 atom stereocenters. The molecular weight excluding hydrogens is 444 g/mol. The molecule has 1 aliphatic rings. The minimum absolute atomic E-state index is 0.0130. The van der Waals surface area contributed by atoms with Gasteiger partial charge in [-0.25, -0.2) is 10.1 Å². The van der Waals surface area contributed by atoms with E-state index in [9.17, 15) is 9.59 Å². The number of fused-ring (bicyclic) bond motifs is 1.